The van der Waals surface area contributed by atoms with E-state index < -0.39 is 0 Å². The van der Waals surface area contributed by atoms with Crippen molar-refractivity contribution in [2.45, 2.75) is 123 Å². The fraction of sp³-hybridized carbons (Fsp3) is 0.960. The Bertz CT molecular complexity index is 381. The zero-order chi connectivity index (χ0) is 21.2. The van der Waals surface area contributed by atoms with Gasteiger partial charge < -0.3 is 10.1 Å². The van der Waals surface area contributed by atoms with Crippen LogP contribution < -0.4 is 5.32 Å². The van der Waals surface area contributed by atoms with E-state index in [-0.39, 0.29) is 12.1 Å². The van der Waals surface area contributed by atoms with Crippen LogP contribution in [0.2, 0.25) is 0 Å². The molecule has 1 N–H and O–H groups in total. The van der Waals surface area contributed by atoms with Crippen molar-refractivity contribution in [3.05, 3.63) is 0 Å². The van der Waals surface area contributed by atoms with Crippen molar-refractivity contribution in [1.29, 1.82) is 0 Å². The Balaban J connectivity index is 1.85. The third-order valence-electron chi connectivity index (χ3n) is 6.14. The van der Waals surface area contributed by atoms with Crippen LogP contribution in [0, 0.1) is 5.92 Å². The quantitative estimate of drug-likeness (QED) is 0.270. The summed E-state index contributed by atoms with van der Waals surface area (Å²) >= 11 is 0. The van der Waals surface area contributed by atoms with Gasteiger partial charge in [-0.1, -0.05) is 97.8 Å². The first-order valence-corrected chi connectivity index (χ1v) is 12.7. The van der Waals surface area contributed by atoms with Crippen molar-refractivity contribution >= 4 is 5.91 Å². The van der Waals surface area contributed by atoms with E-state index in [9.17, 15) is 4.79 Å². The van der Waals surface area contributed by atoms with Gasteiger partial charge in [0.2, 0.25) is 5.91 Å². The standard InChI is InChI=1S/C25H50N2O2/c1-4-24(27-19-21-29-22-20-27)26-25(28)18-16-14-12-10-8-6-5-7-9-11-13-15-17-23(2)3/h23-24H,4-22H2,1-3H3,(H,26,28). The summed E-state index contributed by atoms with van der Waals surface area (Å²) < 4.78 is 5.40. The summed E-state index contributed by atoms with van der Waals surface area (Å²) in [6, 6.07) is 0. The Labute approximate surface area is 181 Å². The highest BCUT2D eigenvalue weighted by molar-refractivity contribution is 5.76. The minimum Gasteiger partial charge on any atom is -0.379 e. The Hall–Kier alpha value is -0.610. The zero-order valence-corrected chi connectivity index (χ0v) is 19.9. The average molecular weight is 411 g/mol. The third-order valence-corrected chi connectivity index (χ3v) is 6.14. The van der Waals surface area contributed by atoms with E-state index >= 15 is 0 Å². The highest BCUT2D eigenvalue weighted by atomic mass is 16.5. The van der Waals surface area contributed by atoms with Crippen LogP contribution in [0.25, 0.3) is 0 Å². The first kappa shape index (κ1) is 26.4. The molecule has 1 unspecified atom stereocenters. The summed E-state index contributed by atoms with van der Waals surface area (Å²) in [5, 5.41) is 3.22. The summed E-state index contributed by atoms with van der Waals surface area (Å²) in [6.45, 7) is 10.2. The molecule has 4 nitrogen and oxygen atoms in total. The van der Waals surface area contributed by atoms with E-state index in [4.69, 9.17) is 4.74 Å². The van der Waals surface area contributed by atoms with Gasteiger partial charge in [-0.15, -0.1) is 0 Å². The Morgan fingerprint density at radius 1 is 0.828 bits per heavy atom. The van der Waals surface area contributed by atoms with Crippen LogP contribution in [-0.2, 0) is 9.53 Å². The number of nitrogens with one attached hydrogen (secondary N) is 1. The maximum absolute atomic E-state index is 12.2. The molecule has 0 saturated carbocycles. The minimum absolute atomic E-state index is 0.182. The molecule has 1 fully saturated rings. The molecule has 0 aromatic rings. The normalized spacial score (nSPS) is 16.3. The molecule has 0 aliphatic carbocycles. The molecule has 1 aliphatic heterocycles. The number of amides is 1. The van der Waals surface area contributed by atoms with E-state index in [1.807, 2.05) is 0 Å². The maximum atomic E-state index is 12.2. The van der Waals surface area contributed by atoms with Gasteiger partial charge in [0.1, 0.15) is 0 Å². The molecule has 172 valence electrons. The second-order valence-corrected chi connectivity index (χ2v) is 9.32. The van der Waals surface area contributed by atoms with Crippen LogP contribution in [0.15, 0.2) is 0 Å². The number of rotatable bonds is 18. The van der Waals surface area contributed by atoms with Crippen LogP contribution in [0.3, 0.4) is 0 Å². The Kier molecular flexibility index (Phi) is 16.6. The molecule has 0 radical (unpaired) electrons. The van der Waals surface area contributed by atoms with Crippen molar-refractivity contribution in [3.63, 3.8) is 0 Å². The molecule has 0 bridgehead atoms. The Morgan fingerprint density at radius 2 is 1.31 bits per heavy atom. The second-order valence-electron chi connectivity index (χ2n) is 9.32. The number of unbranched alkanes of at least 4 members (excludes halogenated alkanes) is 11. The van der Waals surface area contributed by atoms with Crippen LogP contribution in [0.4, 0.5) is 0 Å². The van der Waals surface area contributed by atoms with Crippen molar-refractivity contribution in [2.75, 3.05) is 26.3 Å². The van der Waals surface area contributed by atoms with Gasteiger partial charge in [-0.25, -0.2) is 0 Å². The lowest BCUT2D eigenvalue weighted by Crippen LogP contribution is -2.51. The van der Waals surface area contributed by atoms with Gasteiger partial charge in [0, 0.05) is 19.5 Å². The lowest BCUT2D eigenvalue weighted by Gasteiger charge is -2.34. The third kappa shape index (κ3) is 14.9. The molecule has 1 aliphatic rings. The fourth-order valence-corrected chi connectivity index (χ4v) is 4.20. The number of carbonyl (C=O) groups is 1. The van der Waals surface area contributed by atoms with Crippen molar-refractivity contribution in [3.8, 4) is 0 Å². The van der Waals surface area contributed by atoms with E-state index in [1.165, 1.54) is 77.0 Å². The summed E-state index contributed by atoms with van der Waals surface area (Å²) in [4.78, 5) is 14.6. The van der Waals surface area contributed by atoms with Gasteiger partial charge in [0.05, 0.1) is 19.4 Å². The molecule has 1 atom stereocenters. The predicted molar refractivity (Wildman–Crippen MR) is 124 cm³/mol. The number of hydrogen-bond acceptors (Lipinski definition) is 3. The van der Waals surface area contributed by atoms with E-state index in [2.05, 4.69) is 31.0 Å². The number of carbonyl (C=O) groups excluding carboxylic acids is 1. The second kappa shape index (κ2) is 18.2. The van der Waals surface area contributed by atoms with Gasteiger partial charge in [-0.05, 0) is 18.8 Å². The SMILES string of the molecule is CCC(NC(=O)CCCCCCCCCCCCCCC(C)C)N1CCOCC1. The topological polar surface area (TPSA) is 41.6 Å². The fourth-order valence-electron chi connectivity index (χ4n) is 4.20. The van der Waals surface area contributed by atoms with Gasteiger partial charge in [-0.2, -0.15) is 0 Å². The highest BCUT2D eigenvalue weighted by Crippen LogP contribution is 2.14. The summed E-state index contributed by atoms with van der Waals surface area (Å²) in [7, 11) is 0. The van der Waals surface area contributed by atoms with Crippen LogP contribution in [-0.4, -0.2) is 43.3 Å². The van der Waals surface area contributed by atoms with Gasteiger partial charge in [-0.3, -0.25) is 9.69 Å². The van der Waals surface area contributed by atoms with E-state index in [0.29, 0.717) is 6.42 Å². The first-order valence-electron chi connectivity index (χ1n) is 12.7. The first-order chi connectivity index (χ1) is 14.1. The monoisotopic (exact) mass is 410 g/mol. The van der Waals surface area contributed by atoms with E-state index in [1.54, 1.807) is 0 Å². The molecule has 0 spiro atoms. The van der Waals surface area contributed by atoms with Crippen molar-refractivity contribution in [1.82, 2.24) is 10.2 Å². The molecule has 29 heavy (non-hydrogen) atoms. The van der Waals surface area contributed by atoms with Crippen molar-refractivity contribution in [2.24, 2.45) is 5.92 Å². The largest absolute Gasteiger partial charge is 0.379 e. The number of ether oxygens (including phenoxy) is 1. The number of nitrogens with zero attached hydrogens (tertiary/aromatic N) is 1. The summed E-state index contributed by atoms with van der Waals surface area (Å²) in [5.74, 6) is 1.09. The van der Waals surface area contributed by atoms with Gasteiger partial charge in [0.15, 0.2) is 0 Å². The molecule has 1 heterocycles. The zero-order valence-electron chi connectivity index (χ0n) is 19.9. The molecular weight excluding hydrogens is 360 g/mol. The molecule has 1 saturated heterocycles. The predicted octanol–water partition coefficient (Wildman–Crippen LogP) is 6.29. The van der Waals surface area contributed by atoms with Crippen molar-refractivity contribution < 1.29 is 9.53 Å². The number of morpholine rings is 1. The molecule has 4 heteroatoms. The average Bonchev–Trinajstić information content (AvgIpc) is 2.72. The molecule has 0 aromatic heterocycles. The van der Waals surface area contributed by atoms with Crippen LogP contribution in [0.1, 0.15) is 117 Å². The molecular formula is C25H50N2O2. The van der Waals surface area contributed by atoms with Gasteiger partial charge in [0.25, 0.3) is 0 Å². The number of hydrogen-bond donors (Lipinski definition) is 1. The minimum atomic E-state index is 0.182. The van der Waals surface area contributed by atoms with E-state index in [0.717, 1.165) is 45.1 Å². The maximum Gasteiger partial charge on any atom is 0.221 e. The molecule has 1 amide bonds. The summed E-state index contributed by atoms with van der Waals surface area (Å²) in [5.41, 5.74) is 0. The van der Waals surface area contributed by atoms with Gasteiger partial charge >= 0.3 is 0 Å². The smallest absolute Gasteiger partial charge is 0.221 e. The lowest BCUT2D eigenvalue weighted by atomic mass is 10.0. The summed E-state index contributed by atoms with van der Waals surface area (Å²) in [6.07, 6.45) is 19.4. The Morgan fingerprint density at radius 3 is 1.79 bits per heavy atom. The molecule has 1 rings (SSSR count). The van der Waals surface area contributed by atoms with Crippen LogP contribution >= 0.6 is 0 Å². The molecule has 0 aromatic carbocycles. The lowest BCUT2D eigenvalue weighted by molar-refractivity contribution is -0.124. The van der Waals surface area contributed by atoms with Crippen LogP contribution in [0.5, 0.6) is 0 Å². The highest BCUT2D eigenvalue weighted by Gasteiger charge is 2.20.